The first-order chi connectivity index (χ1) is 8.34. The van der Waals surface area contributed by atoms with Gasteiger partial charge in [0, 0.05) is 6.20 Å². The molecule has 0 unspecified atom stereocenters. The Morgan fingerprint density at radius 3 is 2.76 bits per heavy atom. The molecular weight excluding hydrogens is 212 g/mol. The molecule has 1 aromatic rings. The van der Waals surface area contributed by atoms with Crippen molar-refractivity contribution in [1.29, 1.82) is 0 Å². The fourth-order valence-electron chi connectivity index (χ4n) is 1.83. The van der Waals surface area contributed by atoms with E-state index in [0.717, 1.165) is 5.56 Å². The molecule has 2 aliphatic heterocycles. The van der Waals surface area contributed by atoms with Gasteiger partial charge in [0.15, 0.2) is 0 Å². The molecule has 0 atom stereocenters. The summed E-state index contributed by atoms with van der Waals surface area (Å²) in [4.78, 5) is 17.6. The topological polar surface area (TPSA) is 32.7 Å². The molecule has 0 bridgehead atoms. The minimum atomic E-state index is -0.194. The zero-order valence-electron chi connectivity index (χ0n) is 9.08. The summed E-state index contributed by atoms with van der Waals surface area (Å²) in [6.07, 6.45) is 9.27. The Labute approximate surface area is 99.1 Å². The first-order valence-electron chi connectivity index (χ1n) is 5.38. The monoisotopic (exact) mass is 222 g/mol. The Morgan fingerprint density at radius 2 is 1.94 bits per heavy atom. The van der Waals surface area contributed by atoms with Gasteiger partial charge < -0.3 is 0 Å². The van der Waals surface area contributed by atoms with E-state index in [2.05, 4.69) is 4.99 Å². The van der Waals surface area contributed by atoms with Gasteiger partial charge in [-0.3, -0.25) is 9.69 Å². The summed E-state index contributed by atoms with van der Waals surface area (Å²) in [5.74, 6) is 0.486. The average molecular weight is 222 g/mol. The first kappa shape index (κ1) is 9.78. The van der Waals surface area contributed by atoms with Crippen LogP contribution in [0.25, 0.3) is 6.08 Å². The number of benzene rings is 1. The van der Waals surface area contributed by atoms with Crippen molar-refractivity contribution in [2.24, 2.45) is 4.99 Å². The smallest absolute Gasteiger partial charge is 0.295 e. The number of amides is 1. The zero-order valence-corrected chi connectivity index (χ0v) is 9.08. The Bertz CT molecular complexity index is 579. The van der Waals surface area contributed by atoms with Gasteiger partial charge in [0.05, 0.1) is 0 Å². The van der Waals surface area contributed by atoms with Crippen molar-refractivity contribution in [3.63, 3.8) is 0 Å². The Kier molecular flexibility index (Phi) is 2.22. The van der Waals surface area contributed by atoms with Gasteiger partial charge in [0.2, 0.25) is 0 Å². The average Bonchev–Trinajstić information content (AvgIpc) is 2.68. The molecule has 2 aliphatic rings. The van der Waals surface area contributed by atoms with Crippen molar-refractivity contribution in [3.05, 3.63) is 66.0 Å². The third-order valence-corrected chi connectivity index (χ3v) is 2.64. The molecule has 3 nitrogen and oxygen atoms in total. The van der Waals surface area contributed by atoms with E-state index in [1.54, 1.807) is 4.90 Å². The van der Waals surface area contributed by atoms with Crippen LogP contribution in [0.4, 0.5) is 0 Å². The molecule has 0 aliphatic carbocycles. The normalized spacial score (nSPS) is 19.8. The fraction of sp³-hybridized carbons (Fsp3) is 0. The van der Waals surface area contributed by atoms with Crippen molar-refractivity contribution in [2.75, 3.05) is 0 Å². The van der Waals surface area contributed by atoms with E-state index in [1.165, 1.54) is 0 Å². The van der Waals surface area contributed by atoms with Crippen molar-refractivity contribution in [1.82, 2.24) is 4.90 Å². The summed E-state index contributed by atoms with van der Waals surface area (Å²) in [6.45, 7) is 0. The molecule has 3 heteroatoms. The van der Waals surface area contributed by atoms with Gasteiger partial charge in [-0.1, -0.05) is 36.4 Å². The van der Waals surface area contributed by atoms with E-state index in [9.17, 15) is 4.79 Å². The summed E-state index contributed by atoms with van der Waals surface area (Å²) in [6, 6.07) is 9.76. The van der Waals surface area contributed by atoms with Crippen LogP contribution in [-0.4, -0.2) is 16.6 Å². The van der Waals surface area contributed by atoms with Gasteiger partial charge in [0.1, 0.15) is 11.5 Å². The SMILES string of the molecule is O=C1N=C2C=CC=CN2C1=Cc1ccccc1. The predicted octanol–water partition coefficient (Wildman–Crippen LogP) is 2.35. The quantitative estimate of drug-likeness (QED) is 0.683. The van der Waals surface area contributed by atoms with Gasteiger partial charge in [0.25, 0.3) is 5.91 Å². The maximum atomic E-state index is 11.8. The summed E-state index contributed by atoms with van der Waals surface area (Å²) in [5, 5.41) is 0. The first-order valence-corrected chi connectivity index (χ1v) is 5.38. The van der Waals surface area contributed by atoms with E-state index in [-0.39, 0.29) is 5.91 Å². The number of nitrogens with zero attached hydrogens (tertiary/aromatic N) is 2. The van der Waals surface area contributed by atoms with Crippen LogP contribution in [0.5, 0.6) is 0 Å². The number of hydrogen-bond acceptors (Lipinski definition) is 2. The van der Waals surface area contributed by atoms with Crippen molar-refractivity contribution in [3.8, 4) is 0 Å². The molecule has 3 rings (SSSR count). The molecule has 1 amide bonds. The van der Waals surface area contributed by atoms with Crippen molar-refractivity contribution < 1.29 is 4.79 Å². The molecule has 82 valence electrons. The molecule has 0 N–H and O–H groups in total. The van der Waals surface area contributed by atoms with Crippen LogP contribution in [0, 0.1) is 0 Å². The predicted molar refractivity (Wildman–Crippen MR) is 67.0 cm³/mol. The summed E-state index contributed by atoms with van der Waals surface area (Å²) in [7, 11) is 0. The lowest BCUT2D eigenvalue weighted by Crippen LogP contribution is -2.20. The Balaban J connectivity index is 2.00. The van der Waals surface area contributed by atoms with Crippen molar-refractivity contribution >= 4 is 17.8 Å². The second-order valence-corrected chi connectivity index (χ2v) is 3.79. The summed E-state index contributed by atoms with van der Waals surface area (Å²) in [5.41, 5.74) is 1.59. The third-order valence-electron chi connectivity index (χ3n) is 2.64. The summed E-state index contributed by atoms with van der Waals surface area (Å²) < 4.78 is 0. The number of amidine groups is 1. The van der Waals surface area contributed by atoms with Gasteiger partial charge in [-0.25, -0.2) is 0 Å². The molecule has 0 saturated heterocycles. The highest BCUT2D eigenvalue weighted by molar-refractivity contribution is 6.17. The minimum Gasteiger partial charge on any atom is -0.297 e. The number of fused-ring (bicyclic) bond motifs is 1. The highest BCUT2D eigenvalue weighted by Gasteiger charge is 2.27. The highest BCUT2D eigenvalue weighted by atomic mass is 16.2. The lowest BCUT2D eigenvalue weighted by Gasteiger charge is -2.16. The van der Waals surface area contributed by atoms with Crippen LogP contribution in [0.15, 0.2) is 65.4 Å². The standard InChI is InChI=1S/C14H10N2O/c17-14-12(10-11-6-2-1-3-7-11)16-9-5-4-8-13(16)15-14/h1-10H. The van der Waals surface area contributed by atoms with Crippen LogP contribution in [0.3, 0.4) is 0 Å². The van der Waals surface area contributed by atoms with E-state index in [1.807, 2.05) is 60.8 Å². The number of allylic oxidation sites excluding steroid dienone is 2. The second-order valence-electron chi connectivity index (χ2n) is 3.79. The zero-order chi connectivity index (χ0) is 11.7. The van der Waals surface area contributed by atoms with Crippen LogP contribution in [-0.2, 0) is 4.79 Å². The Morgan fingerprint density at radius 1 is 1.12 bits per heavy atom. The largest absolute Gasteiger partial charge is 0.297 e. The minimum absolute atomic E-state index is 0.194. The van der Waals surface area contributed by atoms with E-state index in [0.29, 0.717) is 11.5 Å². The van der Waals surface area contributed by atoms with E-state index in [4.69, 9.17) is 0 Å². The highest BCUT2D eigenvalue weighted by Crippen LogP contribution is 2.22. The number of aliphatic imine (C=N–C) groups is 1. The number of rotatable bonds is 1. The molecule has 2 heterocycles. The molecule has 0 aromatic heterocycles. The van der Waals surface area contributed by atoms with Crippen molar-refractivity contribution in [2.45, 2.75) is 0 Å². The number of hydrogen-bond donors (Lipinski definition) is 0. The van der Waals surface area contributed by atoms with Gasteiger partial charge in [-0.05, 0) is 23.8 Å². The number of carbonyl (C=O) groups is 1. The Hall–Kier alpha value is -2.42. The van der Waals surface area contributed by atoms with Crippen LogP contribution < -0.4 is 0 Å². The second kappa shape index (κ2) is 3.87. The molecule has 1 aromatic carbocycles. The van der Waals surface area contributed by atoms with Crippen LogP contribution >= 0.6 is 0 Å². The lowest BCUT2D eigenvalue weighted by molar-refractivity contribution is -0.114. The van der Waals surface area contributed by atoms with Gasteiger partial charge >= 0.3 is 0 Å². The maximum absolute atomic E-state index is 11.8. The van der Waals surface area contributed by atoms with Crippen LogP contribution in [0.1, 0.15) is 5.56 Å². The summed E-state index contributed by atoms with van der Waals surface area (Å²) >= 11 is 0. The third kappa shape index (κ3) is 1.72. The maximum Gasteiger partial charge on any atom is 0.295 e. The molecule has 0 fully saturated rings. The molecule has 0 saturated carbocycles. The van der Waals surface area contributed by atoms with E-state index >= 15 is 0 Å². The molecule has 0 spiro atoms. The van der Waals surface area contributed by atoms with Crippen LogP contribution in [0.2, 0.25) is 0 Å². The number of carbonyl (C=O) groups excluding carboxylic acids is 1. The molecule has 0 radical (unpaired) electrons. The lowest BCUT2D eigenvalue weighted by atomic mass is 10.2. The van der Waals surface area contributed by atoms with E-state index < -0.39 is 0 Å². The fourth-order valence-corrected chi connectivity index (χ4v) is 1.83. The molecule has 17 heavy (non-hydrogen) atoms. The van der Waals surface area contributed by atoms with Gasteiger partial charge in [-0.2, -0.15) is 4.99 Å². The van der Waals surface area contributed by atoms with Gasteiger partial charge in [-0.15, -0.1) is 0 Å². The molecular formula is C14H10N2O.